The maximum absolute atomic E-state index is 11.7. The maximum Gasteiger partial charge on any atom is 0.407 e. The highest BCUT2D eigenvalue weighted by atomic mass is 16.6. The van der Waals surface area contributed by atoms with Crippen LogP contribution in [0, 0.1) is 0 Å². The SMILES string of the molecule is CCN(C1CCCC1)C(CN)CNC(=O)OC(C)(C)C. The fourth-order valence-corrected chi connectivity index (χ4v) is 2.90. The van der Waals surface area contributed by atoms with Crippen molar-refractivity contribution in [3.05, 3.63) is 0 Å². The van der Waals surface area contributed by atoms with Gasteiger partial charge < -0.3 is 15.8 Å². The first-order chi connectivity index (χ1) is 9.37. The van der Waals surface area contributed by atoms with Gasteiger partial charge in [-0.3, -0.25) is 4.90 Å². The Kier molecular flexibility index (Phi) is 6.76. The highest BCUT2D eigenvalue weighted by Gasteiger charge is 2.27. The van der Waals surface area contributed by atoms with Crippen molar-refractivity contribution < 1.29 is 9.53 Å². The first-order valence-electron chi connectivity index (χ1n) is 7.80. The largest absolute Gasteiger partial charge is 0.444 e. The van der Waals surface area contributed by atoms with Crippen molar-refractivity contribution in [2.24, 2.45) is 5.73 Å². The van der Waals surface area contributed by atoms with Gasteiger partial charge >= 0.3 is 6.09 Å². The van der Waals surface area contributed by atoms with Crippen LogP contribution >= 0.6 is 0 Å². The van der Waals surface area contributed by atoms with E-state index in [1.807, 2.05) is 20.8 Å². The van der Waals surface area contributed by atoms with Gasteiger partial charge in [0.25, 0.3) is 0 Å². The Bertz CT molecular complexity index is 296. The Labute approximate surface area is 123 Å². The molecule has 1 atom stereocenters. The van der Waals surface area contributed by atoms with E-state index < -0.39 is 5.60 Å². The fraction of sp³-hybridized carbons (Fsp3) is 0.933. The summed E-state index contributed by atoms with van der Waals surface area (Å²) >= 11 is 0. The molecule has 0 radical (unpaired) electrons. The number of hydrogen-bond acceptors (Lipinski definition) is 4. The number of rotatable bonds is 6. The first-order valence-corrected chi connectivity index (χ1v) is 7.80. The van der Waals surface area contributed by atoms with E-state index in [1.165, 1.54) is 25.7 Å². The van der Waals surface area contributed by atoms with Crippen LogP contribution in [-0.4, -0.2) is 48.3 Å². The molecule has 0 heterocycles. The fourth-order valence-electron chi connectivity index (χ4n) is 2.90. The topological polar surface area (TPSA) is 67.6 Å². The van der Waals surface area contributed by atoms with E-state index in [0.29, 0.717) is 19.1 Å². The number of carbonyl (C=O) groups excluding carboxylic acids is 1. The van der Waals surface area contributed by atoms with E-state index in [4.69, 9.17) is 10.5 Å². The highest BCUT2D eigenvalue weighted by Crippen LogP contribution is 2.24. The van der Waals surface area contributed by atoms with Crippen molar-refractivity contribution in [3.63, 3.8) is 0 Å². The van der Waals surface area contributed by atoms with Gasteiger partial charge in [-0.2, -0.15) is 0 Å². The standard InChI is InChI=1S/C15H31N3O2/c1-5-18(12-8-6-7-9-12)13(10-16)11-17-14(19)20-15(2,3)4/h12-13H,5-11,16H2,1-4H3,(H,17,19). The lowest BCUT2D eigenvalue weighted by Gasteiger charge is -2.35. The molecule has 0 aliphatic heterocycles. The molecule has 20 heavy (non-hydrogen) atoms. The van der Waals surface area contributed by atoms with Gasteiger partial charge in [-0.05, 0) is 40.2 Å². The third-order valence-electron chi connectivity index (χ3n) is 3.78. The van der Waals surface area contributed by atoms with Crippen molar-refractivity contribution in [2.45, 2.75) is 71.1 Å². The summed E-state index contributed by atoms with van der Waals surface area (Å²) in [6, 6.07) is 0.810. The third-order valence-corrected chi connectivity index (χ3v) is 3.78. The lowest BCUT2D eigenvalue weighted by molar-refractivity contribution is 0.0498. The predicted molar refractivity (Wildman–Crippen MR) is 81.7 cm³/mol. The second kappa shape index (κ2) is 7.84. The number of likely N-dealkylation sites (N-methyl/N-ethyl adjacent to an activating group) is 1. The van der Waals surface area contributed by atoms with Crippen molar-refractivity contribution in [1.29, 1.82) is 0 Å². The summed E-state index contributed by atoms with van der Waals surface area (Å²) in [5, 5.41) is 2.85. The zero-order chi connectivity index (χ0) is 15.2. The predicted octanol–water partition coefficient (Wildman–Crippen LogP) is 2.10. The summed E-state index contributed by atoms with van der Waals surface area (Å²) < 4.78 is 5.26. The molecule has 5 nitrogen and oxygen atoms in total. The molecule has 1 rings (SSSR count). The van der Waals surface area contributed by atoms with Crippen molar-refractivity contribution in [2.75, 3.05) is 19.6 Å². The highest BCUT2D eigenvalue weighted by molar-refractivity contribution is 5.67. The van der Waals surface area contributed by atoms with Gasteiger partial charge in [0.1, 0.15) is 5.60 Å². The van der Waals surface area contributed by atoms with Gasteiger partial charge in [0, 0.05) is 25.2 Å². The molecule has 1 aliphatic carbocycles. The smallest absolute Gasteiger partial charge is 0.407 e. The minimum atomic E-state index is -0.460. The minimum Gasteiger partial charge on any atom is -0.444 e. The van der Waals surface area contributed by atoms with Gasteiger partial charge in [0.05, 0.1) is 0 Å². The van der Waals surface area contributed by atoms with E-state index >= 15 is 0 Å². The van der Waals surface area contributed by atoms with Crippen molar-refractivity contribution >= 4 is 6.09 Å². The Hall–Kier alpha value is -0.810. The number of nitrogens with two attached hydrogens (primary N) is 1. The van der Waals surface area contributed by atoms with E-state index in [9.17, 15) is 4.79 Å². The van der Waals surface area contributed by atoms with Crippen LogP contribution in [0.1, 0.15) is 53.4 Å². The van der Waals surface area contributed by atoms with Crippen LogP contribution in [0.2, 0.25) is 0 Å². The van der Waals surface area contributed by atoms with Gasteiger partial charge in [-0.25, -0.2) is 4.79 Å². The number of ether oxygens (including phenoxy) is 1. The monoisotopic (exact) mass is 285 g/mol. The quantitative estimate of drug-likeness (QED) is 0.784. The second-order valence-electron chi connectivity index (χ2n) is 6.54. The molecular weight excluding hydrogens is 254 g/mol. The van der Waals surface area contributed by atoms with Gasteiger partial charge in [0.2, 0.25) is 0 Å². The number of carbonyl (C=O) groups is 1. The lowest BCUT2D eigenvalue weighted by Crippen LogP contribution is -2.52. The summed E-state index contributed by atoms with van der Waals surface area (Å²) in [5.74, 6) is 0. The number of nitrogens with one attached hydrogen (secondary N) is 1. The van der Waals surface area contributed by atoms with Crippen molar-refractivity contribution in [1.82, 2.24) is 10.2 Å². The van der Waals surface area contributed by atoms with E-state index in [2.05, 4.69) is 17.1 Å². The molecule has 5 heteroatoms. The molecular formula is C15H31N3O2. The average Bonchev–Trinajstić information content (AvgIpc) is 2.85. The van der Waals surface area contributed by atoms with E-state index in [1.54, 1.807) is 0 Å². The molecule has 1 saturated carbocycles. The molecule has 1 fully saturated rings. The zero-order valence-electron chi connectivity index (χ0n) is 13.4. The number of nitrogens with zero attached hydrogens (tertiary/aromatic N) is 1. The summed E-state index contributed by atoms with van der Waals surface area (Å²) in [6.07, 6.45) is 4.74. The average molecular weight is 285 g/mol. The molecule has 3 N–H and O–H groups in total. The maximum atomic E-state index is 11.7. The molecule has 0 bridgehead atoms. The Morgan fingerprint density at radius 2 is 2.00 bits per heavy atom. The normalized spacial score (nSPS) is 18.3. The first kappa shape index (κ1) is 17.2. The van der Waals surface area contributed by atoms with Crippen LogP contribution in [0.25, 0.3) is 0 Å². The molecule has 0 aromatic carbocycles. The molecule has 1 aliphatic rings. The van der Waals surface area contributed by atoms with Crippen molar-refractivity contribution in [3.8, 4) is 0 Å². The summed E-state index contributed by atoms with van der Waals surface area (Å²) in [4.78, 5) is 14.2. The Balaban J connectivity index is 2.46. The van der Waals surface area contributed by atoms with Gasteiger partial charge in [0.15, 0.2) is 0 Å². The van der Waals surface area contributed by atoms with Gasteiger partial charge in [-0.1, -0.05) is 19.8 Å². The number of amides is 1. The van der Waals surface area contributed by atoms with Crippen LogP contribution < -0.4 is 11.1 Å². The third kappa shape index (κ3) is 5.67. The van der Waals surface area contributed by atoms with Crippen LogP contribution in [0.5, 0.6) is 0 Å². The second-order valence-corrected chi connectivity index (χ2v) is 6.54. The van der Waals surface area contributed by atoms with E-state index in [-0.39, 0.29) is 12.1 Å². The molecule has 0 spiro atoms. The summed E-state index contributed by atoms with van der Waals surface area (Å²) in [7, 11) is 0. The molecule has 0 aromatic rings. The van der Waals surface area contributed by atoms with Crippen LogP contribution in [0.4, 0.5) is 4.79 Å². The molecule has 1 amide bonds. The minimum absolute atomic E-state index is 0.190. The van der Waals surface area contributed by atoms with E-state index in [0.717, 1.165) is 6.54 Å². The zero-order valence-corrected chi connectivity index (χ0v) is 13.4. The molecule has 118 valence electrons. The van der Waals surface area contributed by atoms with Crippen LogP contribution in [-0.2, 0) is 4.74 Å². The Morgan fingerprint density at radius 1 is 1.40 bits per heavy atom. The summed E-state index contributed by atoms with van der Waals surface area (Å²) in [6.45, 7) is 9.84. The molecule has 1 unspecified atom stereocenters. The Morgan fingerprint density at radius 3 is 2.45 bits per heavy atom. The van der Waals surface area contributed by atoms with Crippen LogP contribution in [0.15, 0.2) is 0 Å². The molecule has 0 aromatic heterocycles. The van der Waals surface area contributed by atoms with Crippen LogP contribution in [0.3, 0.4) is 0 Å². The number of hydrogen-bond donors (Lipinski definition) is 2. The lowest BCUT2D eigenvalue weighted by atomic mass is 10.1. The summed E-state index contributed by atoms with van der Waals surface area (Å²) in [5.41, 5.74) is 5.44. The molecule has 0 saturated heterocycles. The number of alkyl carbamates (subject to hydrolysis) is 1. The van der Waals surface area contributed by atoms with Gasteiger partial charge in [-0.15, -0.1) is 0 Å².